The molecule has 0 spiro atoms. The number of nitrogens with one attached hydrogen (secondary N) is 2. The Morgan fingerprint density at radius 2 is 2.11 bits per heavy atom. The van der Waals surface area contributed by atoms with E-state index in [1.165, 1.54) is 0 Å². The van der Waals surface area contributed by atoms with Gasteiger partial charge in [-0.3, -0.25) is 5.41 Å². The number of rotatable bonds is 3. The summed E-state index contributed by atoms with van der Waals surface area (Å²) in [6.45, 7) is 7.59. The largest absolute Gasteiger partial charge is 0.370 e. The minimum atomic E-state index is -0.0909. The molecule has 0 saturated carbocycles. The third kappa shape index (κ3) is 3.10. The van der Waals surface area contributed by atoms with Crippen molar-refractivity contribution >= 4 is 17.5 Å². The normalized spacial score (nSPS) is 16.6. The van der Waals surface area contributed by atoms with Gasteiger partial charge in [0.15, 0.2) is 5.96 Å². The highest BCUT2D eigenvalue weighted by Gasteiger charge is 2.15. The lowest BCUT2D eigenvalue weighted by Crippen LogP contribution is -2.46. The Morgan fingerprint density at radius 3 is 2.61 bits per heavy atom. The first-order chi connectivity index (χ1) is 8.69. The molecule has 1 aromatic heterocycles. The molecular weight excluding hydrogens is 228 g/mol. The van der Waals surface area contributed by atoms with Gasteiger partial charge < -0.3 is 20.9 Å². The molecular formula is C12H20N6. The zero-order chi connectivity index (χ0) is 13.0. The number of likely N-dealkylation sites (N-methyl/N-ethyl adjacent to an activating group) is 1. The number of hydrogen-bond donors (Lipinski definition) is 3. The van der Waals surface area contributed by atoms with Gasteiger partial charge in [-0.1, -0.05) is 6.92 Å². The molecule has 2 rings (SSSR count). The van der Waals surface area contributed by atoms with Crippen molar-refractivity contribution in [1.29, 1.82) is 5.41 Å². The predicted molar refractivity (Wildman–Crippen MR) is 74.1 cm³/mol. The molecule has 2 heterocycles. The number of nitrogens with two attached hydrogens (primary N) is 1. The summed E-state index contributed by atoms with van der Waals surface area (Å²) in [4.78, 5) is 9.02. The second kappa shape index (κ2) is 5.68. The van der Waals surface area contributed by atoms with Gasteiger partial charge in [0.05, 0.1) is 11.9 Å². The maximum Gasteiger partial charge on any atom is 0.191 e. The van der Waals surface area contributed by atoms with Crippen molar-refractivity contribution in [2.45, 2.75) is 6.92 Å². The molecule has 98 valence electrons. The maximum absolute atomic E-state index is 7.14. The number of nitrogens with zero attached hydrogens (tertiary/aromatic N) is 3. The zero-order valence-corrected chi connectivity index (χ0v) is 10.7. The average Bonchev–Trinajstić information content (AvgIpc) is 2.39. The number of anilines is 2. The Kier molecular flexibility index (Phi) is 3.99. The van der Waals surface area contributed by atoms with E-state index in [4.69, 9.17) is 11.1 Å². The first-order valence-corrected chi connectivity index (χ1v) is 6.23. The van der Waals surface area contributed by atoms with E-state index < -0.39 is 0 Å². The van der Waals surface area contributed by atoms with Crippen LogP contribution in [-0.2, 0) is 0 Å². The van der Waals surface area contributed by atoms with Crippen molar-refractivity contribution in [3.63, 3.8) is 0 Å². The summed E-state index contributed by atoms with van der Waals surface area (Å²) in [5, 5.41) is 9.81. The minimum Gasteiger partial charge on any atom is -0.370 e. The molecule has 1 aliphatic rings. The average molecular weight is 248 g/mol. The third-order valence-corrected chi connectivity index (χ3v) is 3.20. The van der Waals surface area contributed by atoms with Crippen molar-refractivity contribution in [3.8, 4) is 0 Å². The fourth-order valence-electron chi connectivity index (χ4n) is 2.11. The van der Waals surface area contributed by atoms with Gasteiger partial charge in [0.1, 0.15) is 5.82 Å². The van der Waals surface area contributed by atoms with Crippen molar-refractivity contribution < 1.29 is 0 Å². The van der Waals surface area contributed by atoms with Crippen LogP contribution in [0.5, 0.6) is 0 Å². The van der Waals surface area contributed by atoms with Gasteiger partial charge in [-0.25, -0.2) is 4.98 Å². The molecule has 1 aliphatic heterocycles. The van der Waals surface area contributed by atoms with Crippen molar-refractivity contribution in [1.82, 2.24) is 9.88 Å². The van der Waals surface area contributed by atoms with Gasteiger partial charge in [-0.05, 0) is 18.7 Å². The summed E-state index contributed by atoms with van der Waals surface area (Å²) in [6.07, 6.45) is 1.83. The molecule has 0 amide bonds. The topological polar surface area (TPSA) is 81.3 Å². The summed E-state index contributed by atoms with van der Waals surface area (Å²) < 4.78 is 0. The molecule has 0 radical (unpaired) electrons. The fourth-order valence-corrected chi connectivity index (χ4v) is 2.11. The molecule has 1 saturated heterocycles. The monoisotopic (exact) mass is 248 g/mol. The van der Waals surface area contributed by atoms with Crippen LogP contribution in [0, 0.1) is 5.41 Å². The molecule has 6 nitrogen and oxygen atoms in total. The SMILES string of the molecule is CCN1CCN(c2ccc(NC(=N)N)nc2)CC1. The summed E-state index contributed by atoms with van der Waals surface area (Å²) >= 11 is 0. The van der Waals surface area contributed by atoms with Crippen LogP contribution in [0.2, 0.25) is 0 Å². The molecule has 6 heteroatoms. The predicted octanol–water partition coefficient (Wildman–Crippen LogP) is 0.529. The van der Waals surface area contributed by atoms with Gasteiger partial charge in [0, 0.05) is 26.2 Å². The van der Waals surface area contributed by atoms with Crippen LogP contribution in [0.3, 0.4) is 0 Å². The van der Waals surface area contributed by atoms with Crippen LogP contribution in [0.15, 0.2) is 18.3 Å². The standard InChI is InChI=1S/C12H20N6/c1-2-17-5-7-18(8-6-17)10-3-4-11(15-9-10)16-12(13)14/h3-4,9H,2,5-8H2,1H3,(H4,13,14,15,16). The minimum absolute atomic E-state index is 0.0909. The Bertz CT molecular complexity index is 394. The molecule has 0 unspecified atom stereocenters. The lowest BCUT2D eigenvalue weighted by Gasteiger charge is -2.35. The number of pyridine rings is 1. The van der Waals surface area contributed by atoms with E-state index in [1.807, 2.05) is 18.3 Å². The van der Waals surface area contributed by atoms with Crippen molar-refractivity contribution in [2.75, 3.05) is 42.9 Å². The van der Waals surface area contributed by atoms with Crippen LogP contribution in [0.4, 0.5) is 11.5 Å². The van der Waals surface area contributed by atoms with E-state index in [-0.39, 0.29) is 5.96 Å². The molecule has 0 aliphatic carbocycles. The molecule has 0 atom stereocenters. The Hall–Kier alpha value is -1.82. The highest BCUT2D eigenvalue weighted by atomic mass is 15.3. The van der Waals surface area contributed by atoms with Gasteiger partial charge in [0.2, 0.25) is 0 Å². The molecule has 18 heavy (non-hydrogen) atoms. The van der Waals surface area contributed by atoms with Crippen LogP contribution in [0.1, 0.15) is 6.92 Å². The number of hydrogen-bond acceptors (Lipinski definition) is 4. The first kappa shape index (κ1) is 12.6. The number of piperazine rings is 1. The third-order valence-electron chi connectivity index (χ3n) is 3.20. The number of aromatic nitrogens is 1. The maximum atomic E-state index is 7.14. The van der Waals surface area contributed by atoms with Gasteiger partial charge in [0.25, 0.3) is 0 Å². The smallest absolute Gasteiger partial charge is 0.191 e. The first-order valence-electron chi connectivity index (χ1n) is 6.23. The Morgan fingerprint density at radius 1 is 1.39 bits per heavy atom. The van der Waals surface area contributed by atoms with Gasteiger partial charge in [-0.2, -0.15) is 0 Å². The molecule has 1 aromatic rings. The summed E-state index contributed by atoms with van der Waals surface area (Å²) in [5.41, 5.74) is 6.38. The molecule has 0 aromatic carbocycles. The van der Waals surface area contributed by atoms with Gasteiger partial charge in [-0.15, -0.1) is 0 Å². The molecule has 1 fully saturated rings. The van der Waals surface area contributed by atoms with Crippen molar-refractivity contribution in [3.05, 3.63) is 18.3 Å². The zero-order valence-electron chi connectivity index (χ0n) is 10.7. The van der Waals surface area contributed by atoms with Crippen LogP contribution in [0.25, 0.3) is 0 Å². The Balaban J connectivity index is 1.95. The van der Waals surface area contributed by atoms with Crippen LogP contribution < -0.4 is 16.0 Å². The van der Waals surface area contributed by atoms with E-state index in [2.05, 4.69) is 27.0 Å². The van der Waals surface area contributed by atoms with Crippen LogP contribution >= 0.6 is 0 Å². The van der Waals surface area contributed by atoms with E-state index in [0.29, 0.717) is 5.82 Å². The summed E-state index contributed by atoms with van der Waals surface area (Å²) in [6, 6.07) is 3.86. The van der Waals surface area contributed by atoms with Crippen molar-refractivity contribution in [2.24, 2.45) is 5.73 Å². The molecule has 0 bridgehead atoms. The van der Waals surface area contributed by atoms with E-state index in [1.54, 1.807) is 0 Å². The van der Waals surface area contributed by atoms with E-state index in [9.17, 15) is 0 Å². The fraction of sp³-hybridized carbons (Fsp3) is 0.500. The summed E-state index contributed by atoms with van der Waals surface area (Å²) in [5.74, 6) is 0.519. The molecule has 4 N–H and O–H groups in total. The lowest BCUT2D eigenvalue weighted by molar-refractivity contribution is 0.271. The number of guanidine groups is 1. The lowest BCUT2D eigenvalue weighted by atomic mass is 10.2. The highest BCUT2D eigenvalue weighted by Crippen LogP contribution is 2.16. The van der Waals surface area contributed by atoms with Crippen LogP contribution in [-0.4, -0.2) is 48.6 Å². The quantitative estimate of drug-likeness (QED) is 0.537. The van der Waals surface area contributed by atoms with Gasteiger partial charge >= 0.3 is 0 Å². The van der Waals surface area contributed by atoms with E-state index >= 15 is 0 Å². The Labute approximate surface area is 107 Å². The highest BCUT2D eigenvalue weighted by molar-refractivity contribution is 5.88. The second-order valence-electron chi connectivity index (χ2n) is 4.36. The second-order valence-corrected chi connectivity index (χ2v) is 4.36. The van der Waals surface area contributed by atoms with E-state index in [0.717, 1.165) is 38.4 Å². The summed E-state index contributed by atoms with van der Waals surface area (Å²) in [7, 11) is 0.